The highest BCUT2D eigenvalue weighted by Gasteiger charge is 2.15. The molecule has 2 N–H and O–H groups in total. The molecule has 0 fully saturated rings. The summed E-state index contributed by atoms with van der Waals surface area (Å²) in [6, 6.07) is 7.01. The molecule has 0 aliphatic heterocycles. The van der Waals surface area contributed by atoms with Gasteiger partial charge < -0.3 is 10.3 Å². The molecule has 1 aromatic heterocycles. The summed E-state index contributed by atoms with van der Waals surface area (Å²) >= 11 is 5.94. The number of carbonyl (C=O) groups is 1. The number of H-pyrrole nitrogens is 1. The molecule has 2 aromatic rings. The lowest BCUT2D eigenvalue weighted by atomic mass is 10.2. The van der Waals surface area contributed by atoms with Crippen molar-refractivity contribution < 1.29 is 9.00 Å². The molecule has 1 aromatic carbocycles. The lowest BCUT2D eigenvalue weighted by Crippen LogP contribution is -2.42. The third kappa shape index (κ3) is 4.03. The molecule has 0 aliphatic carbocycles. The molecule has 2 atom stereocenters. The maximum absolute atomic E-state index is 12.3. The number of carbonyl (C=O) groups excluding carboxylic acids is 1. The van der Waals surface area contributed by atoms with E-state index in [4.69, 9.17) is 11.6 Å². The number of rotatable bonds is 5. The number of nitrogens with one attached hydrogen (secondary N) is 2. The number of halogens is 1. The van der Waals surface area contributed by atoms with Gasteiger partial charge in [0.15, 0.2) is 0 Å². The molecule has 1 amide bonds. The third-order valence-electron chi connectivity index (χ3n) is 3.40. The van der Waals surface area contributed by atoms with E-state index in [9.17, 15) is 9.00 Å². The van der Waals surface area contributed by atoms with Crippen LogP contribution < -0.4 is 5.32 Å². The highest BCUT2D eigenvalue weighted by atomic mass is 35.5. The van der Waals surface area contributed by atoms with Crippen LogP contribution in [0.4, 0.5) is 0 Å². The largest absolute Gasteiger partial charge is 0.351 e. The van der Waals surface area contributed by atoms with Gasteiger partial charge >= 0.3 is 0 Å². The summed E-state index contributed by atoms with van der Waals surface area (Å²) in [4.78, 5) is 15.3. The fourth-order valence-electron chi connectivity index (χ4n) is 2.12. The van der Waals surface area contributed by atoms with E-state index in [0.29, 0.717) is 17.3 Å². The Balaban J connectivity index is 2.07. The summed E-state index contributed by atoms with van der Waals surface area (Å²) in [7, 11) is -0.539. The van der Waals surface area contributed by atoms with Crippen LogP contribution in [0.5, 0.6) is 0 Å². The molecule has 5 nitrogen and oxygen atoms in total. The molecular weight excluding hydrogens is 322 g/mol. The maximum Gasteiger partial charge on any atom is 0.267 e. The maximum atomic E-state index is 12.3. The summed E-state index contributed by atoms with van der Waals surface area (Å²) in [5.41, 5.74) is 1.33. The SMILES string of the molecule is C=S(C)(=O)N(C)CC(C)NC(=O)c1cc2cc(Cl)ccc2[nH]1. The first-order chi connectivity index (χ1) is 10.2. The molecule has 2 rings (SSSR count). The Morgan fingerprint density at radius 3 is 2.82 bits per heavy atom. The first-order valence-corrected chi connectivity index (χ1v) is 9.26. The molecule has 0 spiro atoms. The summed E-state index contributed by atoms with van der Waals surface area (Å²) in [6.45, 7) is 2.32. The summed E-state index contributed by atoms with van der Waals surface area (Å²) in [5, 5.41) is 4.39. The third-order valence-corrected chi connectivity index (χ3v) is 5.10. The minimum atomic E-state index is -2.26. The van der Waals surface area contributed by atoms with Crippen LogP contribution in [0.15, 0.2) is 24.3 Å². The fourth-order valence-corrected chi connectivity index (χ4v) is 2.84. The Bertz CT molecular complexity index is 798. The van der Waals surface area contributed by atoms with E-state index < -0.39 is 9.71 Å². The molecule has 1 heterocycles. The van der Waals surface area contributed by atoms with E-state index in [0.717, 1.165) is 10.9 Å². The van der Waals surface area contributed by atoms with Gasteiger partial charge in [-0.1, -0.05) is 11.6 Å². The first-order valence-electron chi connectivity index (χ1n) is 6.79. The summed E-state index contributed by atoms with van der Waals surface area (Å²) < 4.78 is 13.5. The van der Waals surface area contributed by atoms with E-state index in [-0.39, 0.29) is 11.9 Å². The minimum absolute atomic E-state index is 0.157. The van der Waals surface area contributed by atoms with Crippen molar-refractivity contribution in [3.63, 3.8) is 0 Å². The van der Waals surface area contributed by atoms with E-state index in [1.165, 1.54) is 0 Å². The highest BCUT2D eigenvalue weighted by Crippen LogP contribution is 2.20. The van der Waals surface area contributed by atoms with Gasteiger partial charge in [0, 0.05) is 44.5 Å². The van der Waals surface area contributed by atoms with E-state index in [1.807, 2.05) is 13.0 Å². The number of aromatic nitrogens is 1. The average Bonchev–Trinajstić information content (AvgIpc) is 2.80. The number of aromatic amines is 1. The van der Waals surface area contributed by atoms with Crippen LogP contribution in [-0.2, 0) is 9.71 Å². The fraction of sp³-hybridized carbons (Fsp3) is 0.333. The van der Waals surface area contributed by atoms with Gasteiger partial charge in [0.1, 0.15) is 5.69 Å². The van der Waals surface area contributed by atoms with Gasteiger partial charge in [0.2, 0.25) is 0 Å². The van der Waals surface area contributed by atoms with Gasteiger partial charge in [0.25, 0.3) is 5.91 Å². The van der Waals surface area contributed by atoms with Crippen molar-refractivity contribution >= 4 is 44.0 Å². The molecule has 0 saturated carbocycles. The Hall–Kier alpha value is -1.50. The molecule has 22 heavy (non-hydrogen) atoms. The molecule has 0 aliphatic rings. The van der Waals surface area contributed by atoms with Gasteiger partial charge in [0.05, 0.1) is 0 Å². The van der Waals surface area contributed by atoms with Crippen molar-refractivity contribution in [3.8, 4) is 0 Å². The van der Waals surface area contributed by atoms with E-state index in [1.54, 1.807) is 35.8 Å². The number of likely N-dealkylation sites (N-methyl/N-ethyl adjacent to an activating group) is 1. The molecule has 7 heteroatoms. The quantitative estimate of drug-likeness (QED) is 0.818. The lowest BCUT2D eigenvalue weighted by Gasteiger charge is -2.23. The van der Waals surface area contributed by atoms with Crippen molar-refractivity contribution in [2.24, 2.45) is 0 Å². The van der Waals surface area contributed by atoms with Crippen LogP contribution in [0.1, 0.15) is 17.4 Å². The standard InChI is InChI=1S/C15H20ClN3O2S/c1-10(9-19(2)22(3,4)21)17-15(20)14-8-11-7-12(16)5-6-13(11)18-14/h5-8,10,18H,3,9H2,1-2,4H3,(H,17,20). The van der Waals surface area contributed by atoms with Crippen LogP contribution in [0.3, 0.4) is 0 Å². The van der Waals surface area contributed by atoms with Crippen molar-refractivity contribution in [2.75, 3.05) is 19.8 Å². The second-order valence-electron chi connectivity index (χ2n) is 5.56. The Morgan fingerprint density at radius 2 is 2.18 bits per heavy atom. The zero-order chi connectivity index (χ0) is 16.5. The lowest BCUT2D eigenvalue weighted by molar-refractivity contribution is 0.0933. The molecule has 120 valence electrons. The predicted molar refractivity (Wildman–Crippen MR) is 94.1 cm³/mol. The first kappa shape index (κ1) is 16.9. The Labute approximate surface area is 135 Å². The van der Waals surface area contributed by atoms with Crippen molar-refractivity contribution in [1.29, 1.82) is 0 Å². The zero-order valence-electron chi connectivity index (χ0n) is 12.9. The average molecular weight is 342 g/mol. The van der Waals surface area contributed by atoms with Gasteiger partial charge in [-0.15, -0.1) is 0 Å². The number of benzene rings is 1. The second-order valence-corrected chi connectivity index (χ2v) is 8.54. The minimum Gasteiger partial charge on any atom is -0.351 e. The van der Waals surface area contributed by atoms with Crippen LogP contribution in [0.2, 0.25) is 5.02 Å². The number of fused-ring (bicyclic) bond motifs is 1. The second kappa shape index (κ2) is 6.32. The summed E-state index contributed by atoms with van der Waals surface area (Å²) in [5.74, 6) is 3.41. The van der Waals surface area contributed by atoms with Crippen LogP contribution in [-0.4, -0.2) is 51.2 Å². The number of hydrogen-bond acceptors (Lipinski definition) is 2. The van der Waals surface area contributed by atoms with Gasteiger partial charge in [-0.2, -0.15) is 0 Å². The molecule has 2 unspecified atom stereocenters. The van der Waals surface area contributed by atoms with Crippen molar-refractivity contribution in [2.45, 2.75) is 13.0 Å². The van der Waals surface area contributed by atoms with Gasteiger partial charge in [-0.25, -0.2) is 4.31 Å². The summed E-state index contributed by atoms with van der Waals surface area (Å²) in [6.07, 6.45) is 1.57. The molecular formula is C15H20ClN3O2S. The smallest absolute Gasteiger partial charge is 0.267 e. The van der Waals surface area contributed by atoms with Crippen LogP contribution in [0.25, 0.3) is 10.9 Å². The predicted octanol–water partition coefficient (Wildman–Crippen LogP) is 2.13. The van der Waals surface area contributed by atoms with Crippen molar-refractivity contribution in [1.82, 2.24) is 14.6 Å². The van der Waals surface area contributed by atoms with E-state index >= 15 is 0 Å². The van der Waals surface area contributed by atoms with Gasteiger partial charge in [-0.3, -0.25) is 9.00 Å². The Morgan fingerprint density at radius 1 is 1.50 bits per heavy atom. The Kier molecular flexibility index (Phi) is 4.84. The highest BCUT2D eigenvalue weighted by molar-refractivity contribution is 7.97. The molecule has 0 bridgehead atoms. The van der Waals surface area contributed by atoms with E-state index in [2.05, 4.69) is 16.2 Å². The zero-order valence-corrected chi connectivity index (χ0v) is 14.4. The van der Waals surface area contributed by atoms with Gasteiger partial charge in [-0.05, 0) is 44.1 Å². The number of hydrogen-bond donors (Lipinski definition) is 2. The van der Waals surface area contributed by atoms with Crippen LogP contribution >= 0.6 is 11.6 Å². The monoisotopic (exact) mass is 341 g/mol. The van der Waals surface area contributed by atoms with Crippen molar-refractivity contribution in [3.05, 3.63) is 35.0 Å². The molecule has 0 radical (unpaired) electrons. The number of amides is 1. The molecule has 0 saturated heterocycles. The normalized spacial score (nSPS) is 15.7. The van der Waals surface area contributed by atoms with Crippen LogP contribution in [0, 0.1) is 0 Å². The topological polar surface area (TPSA) is 65.2 Å². The number of nitrogens with zero attached hydrogens (tertiary/aromatic N) is 1.